The highest BCUT2D eigenvalue weighted by atomic mass is 79.9. The van der Waals surface area contributed by atoms with Gasteiger partial charge < -0.3 is 19.3 Å². The Labute approximate surface area is 234 Å². The lowest BCUT2D eigenvalue weighted by Crippen LogP contribution is -2.53. The summed E-state index contributed by atoms with van der Waals surface area (Å²) in [6.07, 6.45) is 0. The third-order valence-corrected chi connectivity index (χ3v) is 6.92. The van der Waals surface area contributed by atoms with Crippen LogP contribution in [0.15, 0.2) is 71.2 Å². The Bertz CT molecular complexity index is 1270. The van der Waals surface area contributed by atoms with Gasteiger partial charge in [0.1, 0.15) is 18.1 Å². The minimum atomic E-state index is -0.603. The normalized spacial score (nSPS) is 13.7. The van der Waals surface area contributed by atoms with Gasteiger partial charge in [0.15, 0.2) is 11.6 Å². The van der Waals surface area contributed by atoms with Gasteiger partial charge in [-0.3, -0.25) is 14.5 Å². The monoisotopic (exact) mass is 603 g/mol. The average molecular weight is 605 g/mol. The van der Waals surface area contributed by atoms with Crippen LogP contribution in [0.2, 0.25) is 5.02 Å². The van der Waals surface area contributed by atoms with Crippen molar-refractivity contribution in [3.8, 4) is 17.2 Å². The van der Waals surface area contributed by atoms with E-state index in [-0.39, 0.29) is 12.3 Å². The van der Waals surface area contributed by atoms with Gasteiger partial charge in [-0.2, -0.15) is 0 Å². The molecule has 0 radical (unpaired) electrons. The van der Waals surface area contributed by atoms with Gasteiger partial charge in [-0.15, -0.1) is 0 Å². The van der Waals surface area contributed by atoms with E-state index in [1.165, 1.54) is 17.0 Å². The van der Waals surface area contributed by atoms with E-state index in [1.807, 2.05) is 12.1 Å². The molecular weight excluding hydrogens is 577 g/mol. The minimum absolute atomic E-state index is 0.0714. The molecular formula is C28H28BrClFN3O4. The van der Waals surface area contributed by atoms with E-state index in [0.29, 0.717) is 60.1 Å². The lowest BCUT2D eigenvalue weighted by atomic mass is 10.2. The second-order valence-electron chi connectivity index (χ2n) is 8.88. The molecule has 0 bridgehead atoms. The SMILES string of the molecule is CN(Cc1ccccc1Oc1ccc(Br)cc1F)C(=O)C(=O)N1CCN(CCOc2ccc(Cl)cc2)CC1. The molecule has 1 saturated heterocycles. The molecule has 2 amide bonds. The predicted molar refractivity (Wildman–Crippen MR) is 147 cm³/mol. The molecule has 0 N–H and O–H groups in total. The Balaban J connectivity index is 1.26. The van der Waals surface area contributed by atoms with Crippen molar-refractivity contribution in [3.05, 3.63) is 87.6 Å². The zero-order valence-corrected chi connectivity index (χ0v) is 23.3. The van der Waals surface area contributed by atoms with Gasteiger partial charge in [0.2, 0.25) is 0 Å². The maximum absolute atomic E-state index is 14.3. The average Bonchev–Trinajstić information content (AvgIpc) is 2.92. The molecule has 1 fully saturated rings. The molecule has 4 rings (SSSR count). The van der Waals surface area contributed by atoms with E-state index in [1.54, 1.807) is 54.4 Å². The van der Waals surface area contributed by atoms with Crippen molar-refractivity contribution >= 4 is 39.3 Å². The highest BCUT2D eigenvalue weighted by Crippen LogP contribution is 2.29. The van der Waals surface area contributed by atoms with Gasteiger partial charge in [-0.1, -0.05) is 45.7 Å². The predicted octanol–water partition coefficient (Wildman–Crippen LogP) is 5.22. The van der Waals surface area contributed by atoms with Crippen molar-refractivity contribution in [1.29, 1.82) is 0 Å². The summed E-state index contributed by atoms with van der Waals surface area (Å²) in [4.78, 5) is 31.0. The molecule has 0 aromatic heterocycles. The number of hydrogen-bond donors (Lipinski definition) is 0. The van der Waals surface area contributed by atoms with E-state index < -0.39 is 17.6 Å². The van der Waals surface area contributed by atoms with E-state index >= 15 is 0 Å². The van der Waals surface area contributed by atoms with Crippen molar-refractivity contribution in [2.45, 2.75) is 6.54 Å². The molecule has 0 saturated carbocycles. The number of carbonyl (C=O) groups excluding carboxylic acids is 2. The van der Waals surface area contributed by atoms with Crippen LogP contribution in [0.3, 0.4) is 0 Å². The van der Waals surface area contributed by atoms with Crippen LogP contribution < -0.4 is 9.47 Å². The molecule has 1 heterocycles. The van der Waals surface area contributed by atoms with Crippen LogP contribution in [0, 0.1) is 5.82 Å². The number of amides is 2. The number of para-hydroxylation sites is 1. The van der Waals surface area contributed by atoms with Gasteiger partial charge in [-0.05, 0) is 48.5 Å². The van der Waals surface area contributed by atoms with Crippen LogP contribution in [-0.2, 0) is 16.1 Å². The Morgan fingerprint density at radius 3 is 2.42 bits per heavy atom. The fourth-order valence-corrected chi connectivity index (χ4v) is 4.49. The van der Waals surface area contributed by atoms with Crippen molar-refractivity contribution < 1.29 is 23.5 Å². The Morgan fingerprint density at radius 2 is 1.71 bits per heavy atom. The fraction of sp³-hybridized carbons (Fsp3) is 0.286. The maximum atomic E-state index is 14.3. The molecule has 1 aliphatic rings. The summed E-state index contributed by atoms with van der Waals surface area (Å²) in [5.41, 5.74) is 0.656. The first kappa shape index (κ1) is 27.9. The summed E-state index contributed by atoms with van der Waals surface area (Å²) in [5.74, 6) is -0.413. The van der Waals surface area contributed by atoms with E-state index in [2.05, 4.69) is 20.8 Å². The number of halogens is 3. The Kier molecular flexibility index (Phi) is 9.60. The van der Waals surface area contributed by atoms with E-state index in [4.69, 9.17) is 21.1 Å². The second kappa shape index (κ2) is 13.1. The molecule has 10 heteroatoms. The number of rotatable bonds is 8. The van der Waals surface area contributed by atoms with Gasteiger partial charge in [0.25, 0.3) is 0 Å². The molecule has 0 aliphatic carbocycles. The third kappa shape index (κ3) is 7.46. The number of carbonyl (C=O) groups is 2. The van der Waals surface area contributed by atoms with E-state index in [0.717, 1.165) is 5.75 Å². The van der Waals surface area contributed by atoms with E-state index in [9.17, 15) is 14.0 Å². The number of likely N-dealkylation sites (N-methyl/N-ethyl adjacent to an activating group) is 1. The molecule has 200 valence electrons. The topological polar surface area (TPSA) is 62.3 Å². The maximum Gasteiger partial charge on any atom is 0.312 e. The summed E-state index contributed by atoms with van der Waals surface area (Å²) in [7, 11) is 1.57. The summed E-state index contributed by atoms with van der Waals surface area (Å²) in [6.45, 7) is 3.60. The minimum Gasteiger partial charge on any atom is -0.492 e. The van der Waals surface area contributed by atoms with Gasteiger partial charge in [0.05, 0.1) is 0 Å². The van der Waals surface area contributed by atoms with Gasteiger partial charge in [-0.25, -0.2) is 4.39 Å². The molecule has 0 unspecified atom stereocenters. The second-order valence-corrected chi connectivity index (χ2v) is 10.2. The largest absolute Gasteiger partial charge is 0.492 e. The quantitative estimate of drug-likeness (QED) is 0.330. The lowest BCUT2D eigenvalue weighted by molar-refractivity contribution is -0.152. The molecule has 38 heavy (non-hydrogen) atoms. The van der Waals surface area contributed by atoms with Crippen LogP contribution in [0.1, 0.15) is 5.56 Å². The molecule has 7 nitrogen and oxygen atoms in total. The highest BCUT2D eigenvalue weighted by molar-refractivity contribution is 9.10. The lowest BCUT2D eigenvalue weighted by Gasteiger charge is -2.34. The summed E-state index contributed by atoms with van der Waals surface area (Å²) < 4.78 is 26.4. The zero-order valence-electron chi connectivity index (χ0n) is 20.9. The third-order valence-electron chi connectivity index (χ3n) is 6.17. The van der Waals surface area contributed by atoms with Crippen molar-refractivity contribution in [3.63, 3.8) is 0 Å². The first-order valence-electron chi connectivity index (χ1n) is 12.2. The van der Waals surface area contributed by atoms with Crippen LogP contribution in [0.25, 0.3) is 0 Å². The number of hydrogen-bond acceptors (Lipinski definition) is 5. The Hall–Kier alpha value is -3.14. The summed E-state index contributed by atoms with van der Waals surface area (Å²) >= 11 is 9.12. The number of benzene rings is 3. The summed E-state index contributed by atoms with van der Waals surface area (Å²) in [6, 6.07) is 18.8. The first-order chi connectivity index (χ1) is 18.3. The first-order valence-corrected chi connectivity index (χ1v) is 13.3. The Morgan fingerprint density at radius 1 is 1.00 bits per heavy atom. The smallest absolute Gasteiger partial charge is 0.312 e. The van der Waals surface area contributed by atoms with Crippen molar-refractivity contribution in [1.82, 2.24) is 14.7 Å². The number of nitrogens with zero attached hydrogens (tertiary/aromatic N) is 3. The van der Waals surface area contributed by atoms with Gasteiger partial charge in [0, 0.05) is 61.4 Å². The highest BCUT2D eigenvalue weighted by Gasteiger charge is 2.28. The molecule has 3 aromatic carbocycles. The van der Waals surface area contributed by atoms with Gasteiger partial charge >= 0.3 is 11.8 Å². The molecule has 1 aliphatic heterocycles. The fourth-order valence-electron chi connectivity index (χ4n) is 4.03. The van der Waals surface area contributed by atoms with Crippen molar-refractivity contribution in [2.24, 2.45) is 0 Å². The molecule has 3 aromatic rings. The molecule has 0 atom stereocenters. The van der Waals surface area contributed by atoms with Crippen LogP contribution in [-0.4, -0.2) is 72.9 Å². The zero-order chi connectivity index (χ0) is 27.1. The summed E-state index contributed by atoms with van der Waals surface area (Å²) in [5, 5.41) is 0.659. The van der Waals surface area contributed by atoms with Crippen molar-refractivity contribution in [2.75, 3.05) is 46.4 Å². The standard InChI is InChI=1S/C28H28BrClFN3O4/c1-32(19-20-4-2-3-5-25(20)38-26-11-6-21(29)18-24(26)31)27(35)28(36)34-14-12-33(13-15-34)16-17-37-23-9-7-22(30)8-10-23/h2-11,18H,12-17,19H2,1H3. The number of ether oxygens (including phenoxy) is 2. The number of piperazine rings is 1. The van der Waals surface area contributed by atoms with Crippen LogP contribution in [0.4, 0.5) is 4.39 Å². The van der Waals surface area contributed by atoms with Crippen LogP contribution in [0.5, 0.6) is 17.2 Å². The van der Waals surface area contributed by atoms with Crippen LogP contribution >= 0.6 is 27.5 Å². The molecule has 0 spiro atoms.